The van der Waals surface area contributed by atoms with Crippen molar-refractivity contribution in [3.63, 3.8) is 0 Å². The first-order chi connectivity index (χ1) is 6.72. The van der Waals surface area contributed by atoms with Crippen LogP contribution in [-0.2, 0) is 0 Å². The summed E-state index contributed by atoms with van der Waals surface area (Å²) < 4.78 is 9.02. The summed E-state index contributed by atoms with van der Waals surface area (Å²) in [7, 11) is 0. The van der Waals surface area contributed by atoms with E-state index in [2.05, 4.69) is 47.4 Å². The van der Waals surface area contributed by atoms with Crippen LogP contribution in [0.25, 0.3) is 10.1 Å². The summed E-state index contributed by atoms with van der Waals surface area (Å²) >= 11 is 8.37. The minimum atomic E-state index is 0.708. The molecular weight excluding hydrogens is 327 g/mol. The summed E-state index contributed by atoms with van der Waals surface area (Å²) in [6.45, 7) is 2.71. The molecule has 74 valence electrons. The third-order valence-corrected chi connectivity index (χ3v) is 4.31. The Balaban J connectivity index is 2.61. The molecule has 0 spiro atoms. The van der Waals surface area contributed by atoms with Crippen LogP contribution < -0.4 is 4.74 Å². The zero-order chi connectivity index (χ0) is 10.1. The minimum Gasteiger partial charge on any atom is -0.493 e. The number of fused-ring (bicyclic) bond motifs is 1. The summed E-state index contributed by atoms with van der Waals surface area (Å²) in [5, 5.41) is 1.24. The van der Waals surface area contributed by atoms with Gasteiger partial charge in [-0.05, 0) is 47.7 Å². The molecule has 0 unspecified atom stereocenters. The van der Waals surface area contributed by atoms with Gasteiger partial charge in [0.15, 0.2) is 0 Å². The molecule has 2 aromatic rings. The van der Waals surface area contributed by atoms with Crippen LogP contribution >= 0.6 is 46.6 Å². The van der Waals surface area contributed by atoms with E-state index in [-0.39, 0.29) is 0 Å². The van der Waals surface area contributed by atoms with Crippen molar-refractivity contribution in [3.8, 4) is 5.75 Å². The van der Waals surface area contributed by atoms with E-state index in [1.165, 1.54) is 13.7 Å². The maximum absolute atomic E-state index is 5.53. The molecule has 0 aliphatic heterocycles. The Kier molecular flexibility index (Phi) is 3.23. The maximum Gasteiger partial charge on any atom is 0.133 e. The van der Waals surface area contributed by atoms with E-state index >= 15 is 0 Å². The van der Waals surface area contributed by atoms with Crippen molar-refractivity contribution in [3.05, 3.63) is 21.8 Å². The van der Waals surface area contributed by atoms with Gasteiger partial charge in [0, 0.05) is 10.1 Å². The van der Waals surface area contributed by atoms with Crippen LogP contribution in [0.4, 0.5) is 0 Å². The molecule has 1 heterocycles. The van der Waals surface area contributed by atoms with E-state index in [0.29, 0.717) is 6.61 Å². The molecule has 0 saturated carbocycles. The van der Waals surface area contributed by atoms with Crippen molar-refractivity contribution in [2.45, 2.75) is 11.1 Å². The Bertz CT molecular complexity index is 464. The Morgan fingerprint density at radius 1 is 1.50 bits per heavy atom. The number of rotatable bonds is 2. The molecule has 14 heavy (non-hydrogen) atoms. The van der Waals surface area contributed by atoms with Gasteiger partial charge in [0.25, 0.3) is 0 Å². The fraction of sp³-hybridized carbons (Fsp3) is 0.200. The average molecular weight is 336 g/mol. The zero-order valence-corrected chi connectivity index (χ0v) is 11.4. The SMILES string of the molecule is CCOc1ccc2sc(S)cc2c1I. The molecule has 0 N–H and O–H groups in total. The van der Waals surface area contributed by atoms with Gasteiger partial charge < -0.3 is 4.74 Å². The molecule has 2 rings (SSSR count). The number of thiophene rings is 1. The highest BCUT2D eigenvalue weighted by molar-refractivity contribution is 14.1. The van der Waals surface area contributed by atoms with Gasteiger partial charge in [0.2, 0.25) is 0 Å². The molecule has 0 atom stereocenters. The van der Waals surface area contributed by atoms with Gasteiger partial charge >= 0.3 is 0 Å². The van der Waals surface area contributed by atoms with E-state index in [0.717, 1.165) is 9.96 Å². The van der Waals surface area contributed by atoms with Crippen molar-refractivity contribution >= 4 is 56.6 Å². The lowest BCUT2D eigenvalue weighted by molar-refractivity contribution is 0.338. The van der Waals surface area contributed by atoms with E-state index in [9.17, 15) is 0 Å². The second-order valence-corrected chi connectivity index (χ2v) is 5.75. The largest absolute Gasteiger partial charge is 0.493 e. The smallest absolute Gasteiger partial charge is 0.133 e. The number of ether oxygens (including phenoxy) is 1. The Morgan fingerprint density at radius 2 is 2.29 bits per heavy atom. The predicted molar refractivity (Wildman–Crippen MR) is 73.0 cm³/mol. The fourth-order valence-corrected chi connectivity index (χ4v) is 3.51. The molecule has 0 bridgehead atoms. The van der Waals surface area contributed by atoms with Crippen LogP contribution in [0.15, 0.2) is 22.4 Å². The molecule has 0 fully saturated rings. The lowest BCUT2D eigenvalue weighted by atomic mass is 10.2. The fourth-order valence-electron chi connectivity index (χ4n) is 1.31. The molecule has 0 radical (unpaired) electrons. The molecule has 1 nitrogen and oxygen atoms in total. The van der Waals surface area contributed by atoms with E-state index in [4.69, 9.17) is 4.74 Å². The first kappa shape index (κ1) is 10.6. The number of hydrogen-bond acceptors (Lipinski definition) is 3. The second-order valence-electron chi connectivity index (χ2n) is 2.81. The van der Waals surface area contributed by atoms with E-state index < -0.39 is 0 Å². The Morgan fingerprint density at radius 3 is 3.00 bits per heavy atom. The topological polar surface area (TPSA) is 9.23 Å². The lowest BCUT2D eigenvalue weighted by Crippen LogP contribution is -1.93. The van der Waals surface area contributed by atoms with Gasteiger partial charge in [-0.3, -0.25) is 0 Å². The number of thiol groups is 1. The highest BCUT2D eigenvalue weighted by Gasteiger charge is 2.07. The monoisotopic (exact) mass is 336 g/mol. The third kappa shape index (κ3) is 1.87. The van der Waals surface area contributed by atoms with E-state index in [1.807, 2.05) is 13.0 Å². The highest BCUT2D eigenvalue weighted by Crippen LogP contribution is 2.35. The Hall–Kier alpha value is 0.0600. The molecule has 0 aliphatic carbocycles. The normalized spacial score (nSPS) is 10.8. The third-order valence-electron chi connectivity index (χ3n) is 1.89. The summed E-state index contributed by atoms with van der Waals surface area (Å²) in [6.07, 6.45) is 0. The van der Waals surface area contributed by atoms with Gasteiger partial charge in [0.05, 0.1) is 14.4 Å². The minimum absolute atomic E-state index is 0.708. The van der Waals surface area contributed by atoms with Crippen LogP contribution in [0.2, 0.25) is 0 Å². The predicted octanol–water partition coefficient (Wildman–Crippen LogP) is 4.19. The standard InChI is InChI=1S/C10H9IOS2/c1-2-12-7-3-4-8-6(10(7)11)5-9(13)14-8/h3-5,13H,2H2,1H3. The first-order valence-electron chi connectivity index (χ1n) is 4.26. The van der Waals surface area contributed by atoms with Crippen molar-refractivity contribution in [1.29, 1.82) is 0 Å². The number of halogens is 1. The van der Waals surface area contributed by atoms with Crippen LogP contribution in [0.3, 0.4) is 0 Å². The molecule has 1 aromatic carbocycles. The summed E-state index contributed by atoms with van der Waals surface area (Å²) in [5.41, 5.74) is 0. The van der Waals surface area contributed by atoms with Crippen molar-refractivity contribution in [2.24, 2.45) is 0 Å². The first-order valence-corrected chi connectivity index (χ1v) is 6.60. The van der Waals surface area contributed by atoms with Gasteiger partial charge in [-0.1, -0.05) is 0 Å². The highest BCUT2D eigenvalue weighted by atomic mass is 127. The van der Waals surface area contributed by atoms with Gasteiger partial charge in [-0.15, -0.1) is 24.0 Å². The molecule has 4 heteroatoms. The second kappa shape index (κ2) is 4.28. The van der Waals surface area contributed by atoms with Crippen molar-refractivity contribution in [1.82, 2.24) is 0 Å². The number of benzene rings is 1. The summed E-state index contributed by atoms with van der Waals surface area (Å²) in [6, 6.07) is 6.21. The molecule has 0 amide bonds. The molecule has 0 aliphatic rings. The van der Waals surface area contributed by atoms with Crippen LogP contribution in [0.1, 0.15) is 6.92 Å². The Labute approximate surface area is 106 Å². The summed E-state index contributed by atoms with van der Waals surface area (Å²) in [5.74, 6) is 0.965. The molecule has 0 saturated heterocycles. The van der Waals surface area contributed by atoms with E-state index in [1.54, 1.807) is 11.3 Å². The number of hydrogen-bond donors (Lipinski definition) is 1. The van der Waals surface area contributed by atoms with Crippen LogP contribution in [-0.4, -0.2) is 6.61 Å². The maximum atomic E-state index is 5.53. The summed E-state index contributed by atoms with van der Waals surface area (Å²) in [4.78, 5) is 0. The lowest BCUT2D eigenvalue weighted by Gasteiger charge is -2.05. The van der Waals surface area contributed by atoms with Crippen molar-refractivity contribution < 1.29 is 4.74 Å². The molecule has 1 aromatic heterocycles. The van der Waals surface area contributed by atoms with Crippen LogP contribution in [0.5, 0.6) is 5.75 Å². The van der Waals surface area contributed by atoms with Crippen LogP contribution in [0, 0.1) is 3.57 Å². The average Bonchev–Trinajstić information content (AvgIpc) is 2.52. The molecular formula is C10H9IOS2. The zero-order valence-electron chi connectivity index (χ0n) is 7.58. The van der Waals surface area contributed by atoms with Gasteiger partial charge in [0.1, 0.15) is 5.75 Å². The van der Waals surface area contributed by atoms with Gasteiger partial charge in [-0.2, -0.15) is 0 Å². The van der Waals surface area contributed by atoms with Gasteiger partial charge in [-0.25, -0.2) is 0 Å². The van der Waals surface area contributed by atoms with Crippen molar-refractivity contribution in [2.75, 3.05) is 6.61 Å². The quantitative estimate of drug-likeness (QED) is 0.639.